The van der Waals surface area contributed by atoms with E-state index in [0.29, 0.717) is 0 Å². The fourth-order valence-electron chi connectivity index (χ4n) is 2.57. The number of nitrogens with zero attached hydrogens (tertiary/aromatic N) is 3. The molecule has 0 radical (unpaired) electrons. The Labute approximate surface area is 147 Å². The summed E-state index contributed by atoms with van der Waals surface area (Å²) >= 11 is 0. The van der Waals surface area contributed by atoms with Crippen molar-refractivity contribution in [2.75, 3.05) is 13.1 Å². The standard InChI is InChI=1S/C18H25N3.C2H7N/c1-5-9-21(12-17-8-6-7-16(4)20-17)13-18-15(3)10-14(2)11-19-18;1-2-3/h6-8,10-11H,5,9,12-13H2,1-4H3;2-3H2,1H3. The Balaban J connectivity index is 0.000000891. The molecule has 0 aliphatic carbocycles. The molecule has 0 amide bonds. The van der Waals surface area contributed by atoms with E-state index in [0.717, 1.165) is 44.0 Å². The first-order valence-electron chi connectivity index (χ1n) is 8.77. The number of aryl methyl sites for hydroxylation is 3. The van der Waals surface area contributed by atoms with Crippen LogP contribution in [0, 0.1) is 20.8 Å². The highest BCUT2D eigenvalue weighted by Gasteiger charge is 2.10. The molecule has 2 N–H and O–H groups in total. The van der Waals surface area contributed by atoms with Gasteiger partial charge in [-0.05, 0) is 63.5 Å². The summed E-state index contributed by atoms with van der Waals surface area (Å²) in [6, 6.07) is 8.43. The second-order valence-corrected chi connectivity index (χ2v) is 6.17. The van der Waals surface area contributed by atoms with Gasteiger partial charge in [-0.25, -0.2) is 0 Å². The van der Waals surface area contributed by atoms with Gasteiger partial charge in [0.1, 0.15) is 0 Å². The molecule has 4 nitrogen and oxygen atoms in total. The molecular formula is C20H32N4. The van der Waals surface area contributed by atoms with Crippen molar-refractivity contribution >= 4 is 0 Å². The second-order valence-electron chi connectivity index (χ2n) is 6.17. The molecule has 0 fully saturated rings. The average Bonchev–Trinajstić information content (AvgIpc) is 2.51. The minimum absolute atomic E-state index is 0.750. The lowest BCUT2D eigenvalue weighted by Crippen LogP contribution is -2.25. The lowest BCUT2D eigenvalue weighted by Gasteiger charge is -2.22. The molecule has 0 saturated carbocycles. The highest BCUT2D eigenvalue weighted by atomic mass is 15.1. The monoisotopic (exact) mass is 328 g/mol. The van der Waals surface area contributed by atoms with Crippen molar-refractivity contribution in [2.45, 2.75) is 54.1 Å². The van der Waals surface area contributed by atoms with Crippen LogP contribution >= 0.6 is 0 Å². The number of hydrogen-bond donors (Lipinski definition) is 1. The third-order valence-corrected chi connectivity index (χ3v) is 3.57. The van der Waals surface area contributed by atoms with Crippen LogP contribution in [0.1, 0.15) is 48.5 Å². The Kier molecular flexibility index (Phi) is 9.20. The smallest absolute Gasteiger partial charge is 0.0573 e. The maximum atomic E-state index is 4.85. The molecule has 0 aromatic carbocycles. The summed E-state index contributed by atoms with van der Waals surface area (Å²) in [5, 5.41) is 0. The van der Waals surface area contributed by atoms with Crippen molar-refractivity contribution in [1.29, 1.82) is 0 Å². The molecule has 0 unspecified atom stereocenters. The van der Waals surface area contributed by atoms with Gasteiger partial charge < -0.3 is 5.73 Å². The number of rotatable bonds is 6. The van der Waals surface area contributed by atoms with Crippen molar-refractivity contribution in [3.8, 4) is 0 Å². The predicted octanol–water partition coefficient (Wildman–Crippen LogP) is 3.78. The highest BCUT2D eigenvalue weighted by molar-refractivity contribution is 5.23. The summed E-state index contributed by atoms with van der Waals surface area (Å²) in [7, 11) is 0. The fraction of sp³-hybridized carbons (Fsp3) is 0.500. The number of nitrogens with two attached hydrogens (primary N) is 1. The number of pyridine rings is 2. The van der Waals surface area contributed by atoms with Crippen molar-refractivity contribution in [3.05, 3.63) is 58.7 Å². The zero-order chi connectivity index (χ0) is 17.9. The first-order chi connectivity index (χ1) is 11.5. The summed E-state index contributed by atoms with van der Waals surface area (Å²) < 4.78 is 0. The summed E-state index contributed by atoms with van der Waals surface area (Å²) in [6.07, 6.45) is 3.09. The molecule has 0 aliphatic heterocycles. The molecule has 0 atom stereocenters. The summed E-state index contributed by atoms with van der Waals surface area (Å²) in [6.45, 7) is 14.0. The Morgan fingerprint density at radius 3 is 2.38 bits per heavy atom. The van der Waals surface area contributed by atoms with E-state index in [1.54, 1.807) is 0 Å². The van der Waals surface area contributed by atoms with Gasteiger partial charge in [0, 0.05) is 25.0 Å². The van der Waals surface area contributed by atoms with Crippen LogP contribution in [0.15, 0.2) is 30.5 Å². The minimum atomic E-state index is 0.750. The van der Waals surface area contributed by atoms with E-state index in [2.05, 4.69) is 53.8 Å². The summed E-state index contributed by atoms with van der Waals surface area (Å²) in [5.74, 6) is 0. The normalized spacial score (nSPS) is 10.5. The Morgan fingerprint density at radius 1 is 1.08 bits per heavy atom. The largest absolute Gasteiger partial charge is 0.331 e. The molecule has 0 saturated heterocycles. The van der Waals surface area contributed by atoms with Crippen LogP contribution in [0.25, 0.3) is 0 Å². The van der Waals surface area contributed by atoms with E-state index in [1.807, 2.05) is 26.1 Å². The molecule has 0 bridgehead atoms. The van der Waals surface area contributed by atoms with Gasteiger partial charge in [0.05, 0.1) is 11.4 Å². The van der Waals surface area contributed by atoms with E-state index in [1.165, 1.54) is 16.8 Å². The van der Waals surface area contributed by atoms with Crippen LogP contribution in [0.5, 0.6) is 0 Å². The zero-order valence-corrected chi connectivity index (χ0v) is 15.8. The van der Waals surface area contributed by atoms with Gasteiger partial charge in [-0.1, -0.05) is 26.0 Å². The third-order valence-electron chi connectivity index (χ3n) is 3.57. The van der Waals surface area contributed by atoms with Crippen molar-refractivity contribution < 1.29 is 0 Å². The van der Waals surface area contributed by atoms with E-state index in [9.17, 15) is 0 Å². The molecule has 2 rings (SSSR count). The molecule has 0 spiro atoms. The molecule has 2 heterocycles. The first-order valence-corrected chi connectivity index (χ1v) is 8.77. The van der Waals surface area contributed by atoms with Crippen LogP contribution in [0.2, 0.25) is 0 Å². The Hall–Kier alpha value is -1.78. The molecular weight excluding hydrogens is 296 g/mol. The van der Waals surface area contributed by atoms with Gasteiger partial charge in [-0.2, -0.15) is 0 Å². The van der Waals surface area contributed by atoms with Crippen LogP contribution in [-0.2, 0) is 13.1 Å². The SMILES string of the molecule is CCCN(Cc1cccc(C)n1)Cc1ncc(C)cc1C.CCN. The van der Waals surface area contributed by atoms with Gasteiger partial charge in [0.2, 0.25) is 0 Å². The van der Waals surface area contributed by atoms with Crippen LogP contribution in [-0.4, -0.2) is 28.0 Å². The number of hydrogen-bond acceptors (Lipinski definition) is 4. The lowest BCUT2D eigenvalue weighted by atomic mass is 10.1. The fourth-order valence-corrected chi connectivity index (χ4v) is 2.57. The molecule has 0 aliphatic rings. The maximum absolute atomic E-state index is 4.85. The van der Waals surface area contributed by atoms with Gasteiger partial charge >= 0.3 is 0 Å². The quantitative estimate of drug-likeness (QED) is 0.877. The van der Waals surface area contributed by atoms with Crippen molar-refractivity contribution in [3.63, 3.8) is 0 Å². The summed E-state index contributed by atoms with van der Waals surface area (Å²) in [4.78, 5) is 11.6. The topological polar surface area (TPSA) is 55.0 Å². The third kappa shape index (κ3) is 7.20. The number of aromatic nitrogens is 2. The first kappa shape index (κ1) is 20.3. The van der Waals surface area contributed by atoms with Crippen molar-refractivity contribution in [2.24, 2.45) is 5.73 Å². The van der Waals surface area contributed by atoms with E-state index in [4.69, 9.17) is 5.73 Å². The van der Waals surface area contributed by atoms with Crippen LogP contribution in [0.4, 0.5) is 0 Å². The van der Waals surface area contributed by atoms with Gasteiger partial charge in [-0.3, -0.25) is 14.9 Å². The lowest BCUT2D eigenvalue weighted by molar-refractivity contribution is 0.250. The Morgan fingerprint density at radius 2 is 1.79 bits per heavy atom. The zero-order valence-electron chi connectivity index (χ0n) is 15.8. The van der Waals surface area contributed by atoms with Crippen LogP contribution < -0.4 is 5.73 Å². The van der Waals surface area contributed by atoms with E-state index in [-0.39, 0.29) is 0 Å². The van der Waals surface area contributed by atoms with E-state index < -0.39 is 0 Å². The molecule has 2 aromatic heterocycles. The van der Waals surface area contributed by atoms with Gasteiger partial charge in [0.15, 0.2) is 0 Å². The van der Waals surface area contributed by atoms with Gasteiger partial charge in [-0.15, -0.1) is 0 Å². The van der Waals surface area contributed by atoms with E-state index >= 15 is 0 Å². The van der Waals surface area contributed by atoms with Crippen LogP contribution in [0.3, 0.4) is 0 Å². The predicted molar refractivity (Wildman–Crippen MR) is 102 cm³/mol. The molecule has 132 valence electrons. The maximum Gasteiger partial charge on any atom is 0.0573 e. The van der Waals surface area contributed by atoms with Crippen molar-refractivity contribution in [1.82, 2.24) is 14.9 Å². The minimum Gasteiger partial charge on any atom is -0.331 e. The highest BCUT2D eigenvalue weighted by Crippen LogP contribution is 2.12. The summed E-state index contributed by atoms with van der Waals surface area (Å²) in [5.41, 5.74) is 10.7. The average molecular weight is 329 g/mol. The molecule has 2 aromatic rings. The molecule has 4 heteroatoms. The van der Waals surface area contributed by atoms with Gasteiger partial charge in [0.25, 0.3) is 0 Å². The Bertz CT molecular complexity index is 610. The second kappa shape index (κ2) is 10.9. The molecule has 24 heavy (non-hydrogen) atoms.